The van der Waals surface area contributed by atoms with Crippen LogP contribution >= 0.6 is 0 Å². The second kappa shape index (κ2) is 6.12. The van der Waals surface area contributed by atoms with Crippen molar-refractivity contribution < 1.29 is 14.3 Å². The zero-order valence-corrected chi connectivity index (χ0v) is 15.8. The Bertz CT molecular complexity index is 739. The van der Waals surface area contributed by atoms with Crippen LogP contribution in [0.15, 0.2) is 23.8 Å². The van der Waals surface area contributed by atoms with Crippen molar-refractivity contribution in [1.29, 1.82) is 0 Å². The number of fused-ring (bicyclic) bond motifs is 5. The van der Waals surface area contributed by atoms with E-state index in [1.54, 1.807) is 0 Å². The molecule has 0 aliphatic heterocycles. The van der Waals surface area contributed by atoms with Gasteiger partial charge >= 0.3 is 5.97 Å². The van der Waals surface area contributed by atoms with Crippen LogP contribution in [0.1, 0.15) is 58.8 Å². The standard InChI is InChI=1S/C23H28O3/c1-4-22-12-10-19-18-9-7-17(25)14-16(18)6-8-20(19)21(22)11-13-23(22,5-2)26-15(3)24/h2,6,8,14,18-21H,4,7,9-13H2,1,3H3/t18?,19?,20?,21?,22-,23-/m0/s1. The van der Waals surface area contributed by atoms with Crippen LogP contribution in [0.3, 0.4) is 0 Å². The van der Waals surface area contributed by atoms with Crippen molar-refractivity contribution in [1.82, 2.24) is 0 Å². The molecule has 4 rings (SSSR count). The summed E-state index contributed by atoms with van der Waals surface area (Å²) in [5.41, 5.74) is 0.355. The fourth-order valence-corrected chi connectivity index (χ4v) is 6.85. The van der Waals surface area contributed by atoms with Crippen molar-refractivity contribution in [3.05, 3.63) is 23.8 Å². The first-order valence-electron chi connectivity index (χ1n) is 10.1. The monoisotopic (exact) mass is 352 g/mol. The molecule has 4 aliphatic carbocycles. The van der Waals surface area contributed by atoms with Gasteiger partial charge in [-0.3, -0.25) is 9.59 Å². The Morgan fingerprint density at radius 2 is 2.15 bits per heavy atom. The van der Waals surface area contributed by atoms with Crippen molar-refractivity contribution in [3.63, 3.8) is 0 Å². The summed E-state index contributed by atoms with van der Waals surface area (Å²) in [6, 6.07) is 0. The van der Waals surface area contributed by atoms with E-state index >= 15 is 0 Å². The van der Waals surface area contributed by atoms with Gasteiger partial charge in [0.25, 0.3) is 0 Å². The van der Waals surface area contributed by atoms with Gasteiger partial charge in [0.05, 0.1) is 0 Å². The van der Waals surface area contributed by atoms with Gasteiger partial charge in [0.2, 0.25) is 0 Å². The van der Waals surface area contributed by atoms with Gasteiger partial charge in [0.1, 0.15) is 0 Å². The minimum atomic E-state index is -0.754. The predicted molar refractivity (Wildman–Crippen MR) is 99.9 cm³/mol. The molecule has 6 atom stereocenters. The molecule has 0 aromatic rings. The number of carbonyl (C=O) groups excluding carboxylic acids is 2. The Kier molecular flexibility index (Phi) is 4.14. The normalized spacial score (nSPS) is 43.6. The summed E-state index contributed by atoms with van der Waals surface area (Å²) < 4.78 is 5.86. The van der Waals surface area contributed by atoms with Gasteiger partial charge in [0.15, 0.2) is 11.4 Å². The Morgan fingerprint density at radius 3 is 2.85 bits per heavy atom. The van der Waals surface area contributed by atoms with Crippen LogP contribution in [0.5, 0.6) is 0 Å². The molecule has 0 spiro atoms. The van der Waals surface area contributed by atoms with E-state index in [2.05, 4.69) is 25.0 Å². The zero-order valence-electron chi connectivity index (χ0n) is 15.8. The van der Waals surface area contributed by atoms with E-state index in [4.69, 9.17) is 11.2 Å². The summed E-state index contributed by atoms with van der Waals surface area (Å²) >= 11 is 0. The lowest BCUT2D eigenvalue weighted by Crippen LogP contribution is -2.54. The number of rotatable bonds is 2. The van der Waals surface area contributed by atoms with Crippen molar-refractivity contribution >= 4 is 11.8 Å². The van der Waals surface area contributed by atoms with Crippen LogP contribution in [0.4, 0.5) is 0 Å². The third-order valence-corrected chi connectivity index (χ3v) is 7.87. The van der Waals surface area contributed by atoms with Gasteiger partial charge in [-0.15, -0.1) is 6.42 Å². The minimum absolute atomic E-state index is 0.120. The summed E-state index contributed by atoms with van der Waals surface area (Å²) in [6.07, 6.45) is 18.9. The highest BCUT2D eigenvalue weighted by Gasteiger charge is 2.65. The molecule has 0 aromatic heterocycles. The second-order valence-corrected chi connectivity index (χ2v) is 8.61. The van der Waals surface area contributed by atoms with E-state index in [9.17, 15) is 9.59 Å². The average Bonchev–Trinajstić information content (AvgIpc) is 2.95. The molecule has 4 aliphatic rings. The van der Waals surface area contributed by atoms with Gasteiger partial charge in [-0.25, -0.2) is 0 Å². The number of carbonyl (C=O) groups is 2. The van der Waals surface area contributed by atoms with E-state index in [1.165, 1.54) is 12.5 Å². The molecule has 2 fully saturated rings. The molecule has 0 aromatic carbocycles. The summed E-state index contributed by atoms with van der Waals surface area (Å²) in [5, 5.41) is 0. The number of ketones is 1. The van der Waals surface area contributed by atoms with E-state index in [0.29, 0.717) is 30.1 Å². The topological polar surface area (TPSA) is 43.4 Å². The van der Waals surface area contributed by atoms with Crippen LogP contribution in [-0.4, -0.2) is 17.4 Å². The third kappa shape index (κ3) is 2.27. The number of hydrogen-bond acceptors (Lipinski definition) is 3. The highest BCUT2D eigenvalue weighted by Crippen LogP contribution is 2.66. The zero-order chi connectivity index (χ0) is 18.5. The first-order chi connectivity index (χ1) is 12.5. The van der Waals surface area contributed by atoms with Gasteiger partial charge in [0, 0.05) is 18.8 Å². The van der Waals surface area contributed by atoms with Crippen molar-refractivity contribution in [2.45, 2.75) is 64.4 Å². The largest absolute Gasteiger partial charge is 0.445 e. The first kappa shape index (κ1) is 17.6. The summed E-state index contributed by atoms with van der Waals surface area (Å²) in [5.74, 6) is 4.96. The molecule has 2 saturated carbocycles. The molecule has 0 amide bonds. The highest BCUT2D eigenvalue weighted by atomic mass is 16.6. The smallest absolute Gasteiger partial charge is 0.304 e. The number of terminal acetylenes is 1. The van der Waals surface area contributed by atoms with Crippen LogP contribution in [0, 0.1) is 41.4 Å². The maximum Gasteiger partial charge on any atom is 0.304 e. The molecule has 26 heavy (non-hydrogen) atoms. The Labute approximate surface area is 156 Å². The van der Waals surface area contributed by atoms with E-state index < -0.39 is 5.60 Å². The third-order valence-electron chi connectivity index (χ3n) is 7.87. The fraction of sp³-hybridized carbons (Fsp3) is 0.652. The molecular weight excluding hydrogens is 324 g/mol. The quantitative estimate of drug-likeness (QED) is 0.552. The SMILES string of the molecule is C#C[C@]1(OC(C)=O)CCC2C3C=CC4=CC(=O)CCC4C3CC[C@@]21CC. The maximum absolute atomic E-state index is 11.8. The molecular formula is C23H28O3. The van der Waals surface area contributed by atoms with Gasteiger partial charge in [-0.2, -0.15) is 0 Å². The molecule has 0 bridgehead atoms. The summed E-state index contributed by atoms with van der Waals surface area (Å²) in [7, 11) is 0. The van der Waals surface area contributed by atoms with Gasteiger partial charge in [-0.05, 0) is 73.8 Å². The lowest BCUT2D eigenvalue weighted by Gasteiger charge is -2.54. The van der Waals surface area contributed by atoms with Gasteiger partial charge < -0.3 is 4.74 Å². The Morgan fingerprint density at radius 1 is 1.35 bits per heavy atom. The number of ether oxygens (including phenoxy) is 1. The van der Waals surface area contributed by atoms with E-state index in [-0.39, 0.29) is 17.2 Å². The van der Waals surface area contributed by atoms with Gasteiger partial charge in [-0.1, -0.05) is 25.0 Å². The fourth-order valence-electron chi connectivity index (χ4n) is 6.85. The van der Waals surface area contributed by atoms with Crippen LogP contribution < -0.4 is 0 Å². The lowest BCUT2D eigenvalue weighted by atomic mass is 9.51. The molecule has 3 heteroatoms. The molecule has 0 saturated heterocycles. The molecule has 3 nitrogen and oxygen atoms in total. The molecule has 138 valence electrons. The molecule has 0 radical (unpaired) electrons. The molecule has 0 N–H and O–H groups in total. The highest BCUT2D eigenvalue weighted by molar-refractivity contribution is 5.91. The van der Waals surface area contributed by atoms with Crippen molar-refractivity contribution in [3.8, 4) is 12.3 Å². The van der Waals surface area contributed by atoms with Crippen molar-refractivity contribution in [2.24, 2.45) is 29.1 Å². The Hall–Kier alpha value is -1.82. The van der Waals surface area contributed by atoms with Crippen LogP contribution in [0.2, 0.25) is 0 Å². The van der Waals surface area contributed by atoms with Crippen LogP contribution in [0.25, 0.3) is 0 Å². The average molecular weight is 352 g/mol. The number of hydrogen-bond donors (Lipinski definition) is 0. The molecule has 0 heterocycles. The van der Waals surface area contributed by atoms with Crippen LogP contribution in [-0.2, 0) is 14.3 Å². The van der Waals surface area contributed by atoms with Crippen molar-refractivity contribution in [2.75, 3.05) is 0 Å². The summed E-state index contributed by atoms with van der Waals surface area (Å²) in [6.45, 7) is 3.67. The van der Waals surface area contributed by atoms with E-state index in [0.717, 1.165) is 38.5 Å². The maximum atomic E-state index is 11.8. The van der Waals surface area contributed by atoms with E-state index in [1.807, 2.05) is 6.08 Å². The summed E-state index contributed by atoms with van der Waals surface area (Å²) in [4.78, 5) is 23.6. The number of allylic oxidation sites excluding steroid dienone is 4. The first-order valence-corrected chi connectivity index (χ1v) is 10.1. The lowest BCUT2D eigenvalue weighted by molar-refractivity contribution is -0.168. The predicted octanol–water partition coefficient (Wildman–Crippen LogP) is 4.23. The molecule has 4 unspecified atom stereocenters. The minimum Gasteiger partial charge on any atom is -0.445 e. The number of esters is 1. The Balaban J connectivity index is 1.72. The second-order valence-electron chi connectivity index (χ2n) is 8.61.